The summed E-state index contributed by atoms with van der Waals surface area (Å²) in [5, 5.41) is 2.91. The molecule has 1 heterocycles. The number of nitrogens with zero attached hydrogens (tertiary/aromatic N) is 1. The van der Waals surface area contributed by atoms with Gasteiger partial charge in [0.1, 0.15) is 6.61 Å². The minimum atomic E-state index is -0.363. The minimum Gasteiger partial charge on any atom is -0.461 e. The van der Waals surface area contributed by atoms with E-state index in [9.17, 15) is 9.59 Å². The Kier molecular flexibility index (Phi) is 8.78. The molecule has 6 heteroatoms. The summed E-state index contributed by atoms with van der Waals surface area (Å²) in [4.78, 5) is 27.4. The summed E-state index contributed by atoms with van der Waals surface area (Å²) in [6.07, 6.45) is 4.34. The molecule has 1 amide bonds. The van der Waals surface area contributed by atoms with Crippen molar-refractivity contribution in [2.75, 3.05) is 37.3 Å². The summed E-state index contributed by atoms with van der Waals surface area (Å²) in [6.45, 7) is 3.31. The van der Waals surface area contributed by atoms with Crippen LogP contribution in [-0.2, 0) is 16.0 Å². The number of rotatable bonds is 9. The Labute approximate surface area is 184 Å². The number of hydrogen-bond acceptors (Lipinski definition) is 5. The predicted molar refractivity (Wildman–Crippen MR) is 123 cm³/mol. The molecule has 1 atom stereocenters. The molecular formula is C24H30N2O3S. The van der Waals surface area contributed by atoms with Gasteiger partial charge in [0.25, 0.3) is 0 Å². The first-order chi connectivity index (χ1) is 14.7. The number of likely N-dealkylation sites (tertiary alicyclic amines) is 1. The van der Waals surface area contributed by atoms with Crippen molar-refractivity contribution < 1.29 is 14.3 Å². The van der Waals surface area contributed by atoms with E-state index in [1.807, 2.05) is 30.3 Å². The molecule has 0 bridgehead atoms. The third-order valence-electron chi connectivity index (χ3n) is 5.37. The molecule has 160 valence electrons. The number of carbonyl (C=O) groups excluding carboxylic acids is 2. The summed E-state index contributed by atoms with van der Waals surface area (Å²) in [5.41, 5.74) is 2.12. The number of anilines is 1. The lowest BCUT2D eigenvalue weighted by molar-refractivity contribution is -0.119. The Morgan fingerprint density at radius 3 is 2.53 bits per heavy atom. The van der Waals surface area contributed by atoms with Gasteiger partial charge in [0.2, 0.25) is 5.91 Å². The second kappa shape index (κ2) is 11.8. The zero-order chi connectivity index (χ0) is 21.2. The fourth-order valence-corrected chi connectivity index (χ4v) is 3.94. The number of thiol groups is 1. The number of piperidine rings is 1. The first-order valence-corrected chi connectivity index (χ1v) is 11.2. The van der Waals surface area contributed by atoms with Crippen molar-refractivity contribution in [2.45, 2.75) is 25.7 Å². The standard InChI is InChI=1S/C24H30N2O3S/c27-23(21(18-30)16-19-8-3-1-4-9-19)25-22-11-7-10-20(17-22)24(28)29-15-14-26-12-5-2-6-13-26/h1,3-4,7-11,17,21,30H,2,5-6,12-16,18H2,(H,25,27). The molecular weight excluding hydrogens is 396 g/mol. The molecule has 1 aliphatic rings. The highest BCUT2D eigenvalue weighted by Gasteiger charge is 2.18. The molecule has 0 saturated carbocycles. The second-order valence-electron chi connectivity index (χ2n) is 7.68. The van der Waals surface area contributed by atoms with Crippen molar-refractivity contribution in [2.24, 2.45) is 5.92 Å². The Bertz CT molecular complexity index is 822. The maximum absolute atomic E-state index is 12.7. The molecule has 1 fully saturated rings. The van der Waals surface area contributed by atoms with Crippen LogP contribution in [0.2, 0.25) is 0 Å². The van der Waals surface area contributed by atoms with Crippen LogP contribution in [0.25, 0.3) is 0 Å². The predicted octanol–water partition coefficient (Wildman–Crippen LogP) is 4.06. The number of esters is 1. The molecule has 1 N–H and O–H groups in total. The normalized spacial score (nSPS) is 15.4. The maximum atomic E-state index is 12.7. The van der Waals surface area contributed by atoms with Gasteiger partial charge in [-0.1, -0.05) is 42.8 Å². The fraction of sp³-hybridized carbons (Fsp3) is 0.417. The molecule has 0 spiro atoms. The first kappa shape index (κ1) is 22.4. The minimum absolute atomic E-state index is 0.107. The quantitative estimate of drug-likeness (QED) is 0.469. The van der Waals surface area contributed by atoms with Gasteiger partial charge < -0.3 is 10.1 Å². The van der Waals surface area contributed by atoms with Crippen LogP contribution in [0.15, 0.2) is 54.6 Å². The monoisotopic (exact) mass is 426 g/mol. The van der Waals surface area contributed by atoms with Crippen LogP contribution in [0.1, 0.15) is 35.2 Å². The second-order valence-corrected chi connectivity index (χ2v) is 8.04. The van der Waals surface area contributed by atoms with E-state index in [1.54, 1.807) is 24.3 Å². The van der Waals surface area contributed by atoms with Crippen molar-refractivity contribution in [1.82, 2.24) is 4.90 Å². The number of nitrogens with one attached hydrogen (secondary N) is 1. The van der Waals surface area contributed by atoms with Crippen LogP contribution in [0, 0.1) is 5.92 Å². The molecule has 1 aliphatic heterocycles. The Balaban J connectivity index is 1.52. The fourth-order valence-electron chi connectivity index (χ4n) is 3.64. The highest BCUT2D eigenvalue weighted by molar-refractivity contribution is 7.80. The largest absolute Gasteiger partial charge is 0.461 e. The molecule has 0 aliphatic carbocycles. The van der Waals surface area contributed by atoms with E-state index in [1.165, 1.54) is 19.3 Å². The van der Waals surface area contributed by atoms with Crippen molar-refractivity contribution >= 4 is 30.2 Å². The lowest BCUT2D eigenvalue weighted by Gasteiger charge is -2.25. The molecule has 3 rings (SSSR count). The summed E-state index contributed by atoms with van der Waals surface area (Å²) >= 11 is 4.35. The lowest BCUT2D eigenvalue weighted by atomic mass is 10.00. The smallest absolute Gasteiger partial charge is 0.338 e. The van der Waals surface area contributed by atoms with Crippen LogP contribution in [0.5, 0.6) is 0 Å². The van der Waals surface area contributed by atoms with E-state index in [0.717, 1.165) is 25.2 Å². The molecule has 2 aromatic carbocycles. The zero-order valence-electron chi connectivity index (χ0n) is 17.3. The van der Waals surface area contributed by atoms with Crippen LogP contribution in [0.3, 0.4) is 0 Å². The summed E-state index contributed by atoms with van der Waals surface area (Å²) in [7, 11) is 0. The van der Waals surface area contributed by atoms with Gasteiger partial charge in [-0.25, -0.2) is 4.79 Å². The van der Waals surface area contributed by atoms with E-state index >= 15 is 0 Å². The molecule has 2 aromatic rings. The van der Waals surface area contributed by atoms with E-state index in [4.69, 9.17) is 4.74 Å². The van der Waals surface area contributed by atoms with Crippen molar-refractivity contribution in [1.29, 1.82) is 0 Å². The van der Waals surface area contributed by atoms with Gasteiger partial charge in [0.15, 0.2) is 0 Å². The average Bonchev–Trinajstić information content (AvgIpc) is 2.79. The summed E-state index contributed by atoms with van der Waals surface area (Å²) < 4.78 is 5.43. The van der Waals surface area contributed by atoms with Crippen LogP contribution >= 0.6 is 12.6 Å². The highest BCUT2D eigenvalue weighted by atomic mass is 32.1. The van der Waals surface area contributed by atoms with Gasteiger partial charge in [-0.05, 0) is 56.1 Å². The van der Waals surface area contributed by atoms with E-state index in [0.29, 0.717) is 30.0 Å². The highest BCUT2D eigenvalue weighted by Crippen LogP contribution is 2.16. The van der Waals surface area contributed by atoms with E-state index < -0.39 is 0 Å². The first-order valence-electron chi connectivity index (χ1n) is 10.6. The van der Waals surface area contributed by atoms with Crippen LogP contribution in [-0.4, -0.2) is 48.8 Å². The van der Waals surface area contributed by atoms with E-state index in [2.05, 4.69) is 22.8 Å². The summed E-state index contributed by atoms with van der Waals surface area (Å²) in [6, 6.07) is 16.8. The van der Waals surface area contributed by atoms with Gasteiger partial charge in [0.05, 0.1) is 11.5 Å². The molecule has 30 heavy (non-hydrogen) atoms. The van der Waals surface area contributed by atoms with Crippen molar-refractivity contribution in [3.05, 3.63) is 65.7 Å². The third kappa shape index (κ3) is 6.89. The molecule has 0 aromatic heterocycles. The molecule has 5 nitrogen and oxygen atoms in total. The van der Waals surface area contributed by atoms with Crippen molar-refractivity contribution in [3.63, 3.8) is 0 Å². The number of hydrogen-bond donors (Lipinski definition) is 2. The maximum Gasteiger partial charge on any atom is 0.338 e. The molecule has 1 unspecified atom stereocenters. The zero-order valence-corrected chi connectivity index (χ0v) is 18.2. The lowest BCUT2D eigenvalue weighted by Crippen LogP contribution is -2.33. The number of ether oxygens (including phenoxy) is 1. The Morgan fingerprint density at radius 1 is 1.03 bits per heavy atom. The van der Waals surface area contributed by atoms with Crippen LogP contribution in [0.4, 0.5) is 5.69 Å². The van der Waals surface area contributed by atoms with Gasteiger partial charge in [-0.3, -0.25) is 9.69 Å². The van der Waals surface area contributed by atoms with Crippen LogP contribution < -0.4 is 5.32 Å². The van der Waals surface area contributed by atoms with Gasteiger partial charge in [0, 0.05) is 18.0 Å². The number of amides is 1. The number of carbonyl (C=O) groups is 2. The third-order valence-corrected chi connectivity index (χ3v) is 5.81. The Morgan fingerprint density at radius 2 is 1.80 bits per heavy atom. The van der Waals surface area contributed by atoms with E-state index in [-0.39, 0.29) is 17.8 Å². The summed E-state index contributed by atoms with van der Waals surface area (Å²) in [5.74, 6) is -0.280. The van der Waals surface area contributed by atoms with Gasteiger partial charge in [-0.2, -0.15) is 12.6 Å². The average molecular weight is 427 g/mol. The molecule has 1 saturated heterocycles. The SMILES string of the molecule is O=C(OCCN1CCCCC1)c1cccc(NC(=O)C(CS)Cc2ccccc2)c1. The Hall–Kier alpha value is -2.31. The molecule has 0 radical (unpaired) electrons. The topological polar surface area (TPSA) is 58.6 Å². The number of benzene rings is 2. The van der Waals surface area contributed by atoms with Gasteiger partial charge >= 0.3 is 5.97 Å². The van der Waals surface area contributed by atoms with Crippen molar-refractivity contribution in [3.8, 4) is 0 Å². The van der Waals surface area contributed by atoms with Gasteiger partial charge in [-0.15, -0.1) is 0 Å².